The van der Waals surface area contributed by atoms with Crippen LogP contribution in [0.3, 0.4) is 0 Å². The number of hydrogen-bond donors (Lipinski definition) is 1. The molecule has 0 fully saturated rings. The molecule has 0 radical (unpaired) electrons. The predicted octanol–water partition coefficient (Wildman–Crippen LogP) is 3.16. The van der Waals surface area contributed by atoms with E-state index in [1.165, 1.54) is 21.1 Å². The van der Waals surface area contributed by atoms with Crippen molar-refractivity contribution in [3.8, 4) is 0 Å². The van der Waals surface area contributed by atoms with Crippen LogP contribution in [0.25, 0.3) is 10.9 Å². The Morgan fingerprint density at radius 3 is 3.13 bits per heavy atom. The van der Waals surface area contributed by atoms with E-state index in [0.717, 1.165) is 24.7 Å². The number of fused-ring (bicyclic) bond motifs is 3. The Bertz CT molecular complexity index is 533. The third-order valence-electron chi connectivity index (χ3n) is 2.87. The summed E-state index contributed by atoms with van der Waals surface area (Å²) in [7, 11) is 0. The van der Waals surface area contributed by atoms with Gasteiger partial charge in [0, 0.05) is 45.7 Å². The van der Waals surface area contributed by atoms with Crippen molar-refractivity contribution in [2.75, 3.05) is 6.54 Å². The first-order valence-corrected chi connectivity index (χ1v) is 6.11. The quantitative estimate of drug-likeness (QED) is 0.787. The third kappa shape index (κ3) is 1.41. The van der Waals surface area contributed by atoms with Crippen LogP contribution in [0.1, 0.15) is 5.69 Å². The maximum atomic E-state index is 6.01. The Balaban J connectivity index is 2.38. The Morgan fingerprint density at radius 2 is 2.27 bits per heavy atom. The first-order chi connectivity index (χ1) is 7.27. The molecule has 78 valence electrons. The molecule has 0 unspecified atom stereocenters. The zero-order valence-electron chi connectivity index (χ0n) is 8.06. The summed E-state index contributed by atoms with van der Waals surface area (Å²) in [4.78, 5) is 0. The highest BCUT2D eigenvalue weighted by Crippen LogP contribution is 2.33. The largest absolute Gasteiger partial charge is 0.341 e. The number of rotatable bonds is 0. The molecule has 1 aromatic heterocycles. The van der Waals surface area contributed by atoms with Gasteiger partial charge in [-0.3, -0.25) is 0 Å². The van der Waals surface area contributed by atoms with Crippen LogP contribution >= 0.6 is 27.5 Å². The standard InChI is InChI=1S/C11H10BrClN2/c12-11-8-5-7(13)1-2-9(8)15-4-3-14-6-10(11)15/h1-2,5,14H,3-4,6H2. The van der Waals surface area contributed by atoms with E-state index in [9.17, 15) is 0 Å². The van der Waals surface area contributed by atoms with E-state index in [4.69, 9.17) is 11.6 Å². The van der Waals surface area contributed by atoms with Gasteiger partial charge in [0.25, 0.3) is 0 Å². The van der Waals surface area contributed by atoms with Crippen molar-refractivity contribution in [1.29, 1.82) is 0 Å². The molecule has 0 saturated carbocycles. The minimum Gasteiger partial charge on any atom is -0.341 e. The molecule has 2 aromatic rings. The zero-order valence-corrected chi connectivity index (χ0v) is 10.4. The van der Waals surface area contributed by atoms with Crippen LogP contribution in [0.2, 0.25) is 5.02 Å². The molecule has 0 saturated heterocycles. The molecular weight excluding hydrogens is 275 g/mol. The van der Waals surface area contributed by atoms with Crippen molar-refractivity contribution >= 4 is 38.4 Å². The molecule has 0 amide bonds. The smallest absolute Gasteiger partial charge is 0.0496 e. The van der Waals surface area contributed by atoms with Gasteiger partial charge in [-0.05, 0) is 34.1 Å². The lowest BCUT2D eigenvalue weighted by atomic mass is 10.2. The number of aromatic nitrogens is 1. The highest BCUT2D eigenvalue weighted by Gasteiger charge is 2.17. The van der Waals surface area contributed by atoms with Crippen LogP contribution in [0.5, 0.6) is 0 Å². The molecule has 4 heteroatoms. The van der Waals surface area contributed by atoms with Gasteiger partial charge in [-0.1, -0.05) is 11.6 Å². The fourth-order valence-electron chi connectivity index (χ4n) is 2.16. The summed E-state index contributed by atoms with van der Waals surface area (Å²) in [6.07, 6.45) is 0. The van der Waals surface area contributed by atoms with E-state index in [0.29, 0.717) is 0 Å². The van der Waals surface area contributed by atoms with Gasteiger partial charge in [0.2, 0.25) is 0 Å². The molecule has 3 rings (SSSR count). The Labute approximate surface area is 101 Å². The van der Waals surface area contributed by atoms with Crippen LogP contribution in [-0.4, -0.2) is 11.1 Å². The second-order valence-corrected chi connectivity index (χ2v) is 4.98. The lowest BCUT2D eigenvalue weighted by molar-refractivity contribution is 0.525. The Kier molecular flexibility index (Phi) is 2.27. The van der Waals surface area contributed by atoms with E-state index < -0.39 is 0 Å². The second kappa shape index (κ2) is 3.51. The van der Waals surface area contributed by atoms with Gasteiger partial charge in [0.15, 0.2) is 0 Å². The van der Waals surface area contributed by atoms with Crippen LogP contribution < -0.4 is 5.32 Å². The number of benzene rings is 1. The fourth-order valence-corrected chi connectivity index (χ4v) is 3.01. The molecule has 0 spiro atoms. The van der Waals surface area contributed by atoms with E-state index in [1.54, 1.807) is 0 Å². The SMILES string of the molecule is Clc1ccc2c(c1)c(Br)c1n2CCNC1. The molecule has 1 N–H and O–H groups in total. The highest BCUT2D eigenvalue weighted by atomic mass is 79.9. The first-order valence-electron chi connectivity index (χ1n) is 4.94. The van der Waals surface area contributed by atoms with E-state index in [1.807, 2.05) is 12.1 Å². The van der Waals surface area contributed by atoms with Crippen molar-refractivity contribution in [3.63, 3.8) is 0 Å². The van der Waals surface area contributed by atoms with E-state index >= 15 is 0 Å². The molecule has 1 aliphatic heterocycles. The molecule has 0 aliphatic carbocycles. The summed E-state index contributed by atoms with van der Waals surface area (Å²) in [6.45, 7) is 2.98. The normalized spacial score (nSPS) is 15.6. The Hall–Kier alpha value is -0.510. The van der Waals surface area contributed by atoms with Gasteiger partial charge in [-0.15, -0.1) is 0 Å². The number of nitrogens with zero attached hydrogens (tertiary/aromatic N) is 1. The highest BCUT2D eigenvalue weighted by molar-refractivity contribution is 9.10. The maximum absolute atomic E-state index is 6.01. The summed E-state index contributed by atoms with van der Waals surface area (Å²) >= 11 is 9.66. The van der Waals surface area contributed by atoms with Crippen molar-refractivity contribution in [2.45, 2.75) is 13.1 Å². The maximum Gasteiger partial charge on any atom is 0.0496 e. The van der Waals surface area contributed by atoms with Gasteiger partial charge in [-0.2, -0.15) is 0 Å². The lowest BCUT2D eigenvalue weighted by Crippen LogP contribution is -2.27. The molecule has 0 atom stereocenters. The molecule has 1 aliphatic rings. The van der Waals surface area contributed by atoms with Crippen LogP contribution in [0.4, 0.5) is 0 Å². The number of halogens is 2. The lowest BCUT2D eigenvalue weighted by Gasteiger charge is -2.17. The second-order valence-electron chi connectivity index (χ2n) is 3.75. The summed E-state index contributed by atoms with van der Waals surface area (Å²) in [6, 6.07) is 6.06. The van der Waals surface area contributed by atoms with Gasteiger partial charge in [0.05, 0.1) is 0 Å². The van der Waals surface area contributed by atoms with Crippen LogP contribution in [0.15, 0.2) is 22.7 Å². The fraction of sp³-hybridized carbons (Fsp3) is 0.273. The van der Waals surface area contributed by atoms with Gasteiger partial charge in [0.1, 0.15) is 0 Å². The Morgan fingerprint density at radius 1 is 1.40 bits per heavy atom. The predicted molar refractivity (Wildman–Crippen MR) is 66.4 cm³/mol. The van der Waals surface area contributed by atoms with Crippen molar-refractivity contribution in [1.82, 2.24) is 9.88 Å². The topological polar surface area (TPSA) is 17.0 Å². The van der Waals surface area contributed by atoms with E-state index in [-0.39, 0.29) is 0 Å². The minimum atomic E-state index is 0.791. The van der Waals surface area contributed by atoms with Crippen molar-refractivity contribution in [3.05, 3.63) is 33.4 Å². The van der Waals surface area contributed by atoms with Gasteiger partial charge >= 0.3 is 0 Å². The van der Waals surface area contributed by atoms with Crippen molar-refractivity contribution < 1.29 is 0 Å². The first kappa shape index (κ1) is 9.70. The van der Waals surface area contributed by atoms with Crippen LogP contribution in [0, 0.1) is 0 Å². The summed E-state index contributed by atoms with van der Waals surface area (Å²) < 4.78 is 3.53. The monoisotopic (exact) mass is 284 g/mol. The molecule has 1 aromatic carbocycles. The number of hydrogen-bond acceptors (Lipinski definition) is 1. The molecule has 0 bridgehead atoms. The molecule has 2 nitrogen and oxygen atoms in total. The van der Waals surface area contributed by atoms with Crippen LogP contribution in [-0.2, 0) is 13.1 Å². The molecular formula is C11H10BrClN2. The third-order valence-corrected chi connectivity index (χ3v) is 3.99. The summed E-state index contributed by atoms with van der Waals surface area (Å²) in [5.74, 6) is 0. The number of nitrogens with one attached hydrogen (secondary N) is 1. The molecule has 2 heterocycles. The summed E-state index contributed by atoms with van der Waals surface area (Å²) in [5, 5.41) is 5.37. The van der Waals surface area contributed by atoms with Gasteiger partial charge < -0.3 is 9.88 Å². The summed E-state index contributed by atoms with van der Waals surface area (Å²) in [5.41, 5.74) is 2.58. The van der Waals surface area contributed by atoms with Gasteiger partial charge in [-0.25, -0.2) is 0 Å². The average molecular weight is 286 g/mol. The zero-order chi connectivity index (χ0) is 10.4. The molecule has 15 heavy (non-hydrogen) atoms. The van der Waals surface area contributed by atoms with Crippen molar-refractivity contribution in [2.24, 2.45) is 0 Å². The average Bonchev–Trinajstić information content (AvgIpc) is 2.54. The van der Waals surface area contributed by atoms with E-state index in [2.05, 4.69) is 31.9 Å². The minimum absolute atomic E-state index is 0.791.